The summed E-state index contributed by atoms with van der Waals surface area (Å²) in [5.74, 6) is 1.67. The van der Waals surface area contributed by atoms with Crippen molar-refractivity contribution in [3.05, 3.63) is 179 Å². The average molecular weight is 659 g/mol. The van der Waals surface area contributed by atoms with E-state index in [0.717, 1.165) is 69.0 Å². The van der Waals surface area contributed by atoms with Gasteiger partial charge in [-0.1, -0.05) is 146 Å². The van der Waals surface area contributed by atoms with Gasteiger partial charge < -0.3 is 9.67 Å². The van der Waals surface area contributed by atoms with Crippen molar-refractivity contribution >= 4 is 0 Å². The van der Waals surface area contributed by atoms with Gasteiger partial charge in [0, 0.05) is 24.2 Å². The second kappa shape index (κ2) is 13.7. The van der Waals surface area contributed by atoms with Gasteiger partial charge in [-0.3, -0.25) is 0 Å². The topological polar surface area (TPSA) is 81.7 Å². The Morgan fingerprint density at radius 3 is 1.70 bits per heavy atom. The van der Waals surface area contributed by atoms with E-state index in [4.69, 9.17) is 15.3 Å². The molecule has 5 aromatic carbocycles. The first-order valence-electron chi connectivity index (χ1n) is 17.3. The van der Waals surface area contributed by atoms with Gasteiger partial charge in [-0.2, -0.15) is 0 Å². The van der Waals surface area contributed by atoms with Crippen LogP contribution >= 0.6 is 0 Å². The van der Waals surface area contributed by atoms with Gasteiger partial charge >= 0.3 is 0 Å². The first kappa shape index (κ1) is 32.9. The molecule has 0 amide bonds. The molecule has 0 bridgehead atoms. The van der Waals surface area contributed by atoms with Crippen LogP contribution in [-0.2, 0) is 24.1 Å². The Morgan fingerprint density at radius 1 is 0.660 bits per heavy atom. The number of tetrazole rings is 1. The number of aliphatic hydroxyl groups is 1. The minimum absolute atomic E-state index is 0.665. The fourth-order valence-corrected chi connectivity index (χ4v) is 7.18. The van der Waals surface area contributed by atoms with Crippen molar-refractivity contribution in [2.45, 2.75) is 58.2 Å². The molecule has 50 heavy (non-hydrogen) atoms. The molecule has 0 spiro atoms. The first-order chi connectivity index (χ1) is 24.3. The number of nitrogens with zero attached hydrogens (tertiary/aromatic N) is 6. The Balaban J connectivity index is 1.33. The van der Waals surface area contributed by atoms with Crippen LogP contribution in [0.4, 0.5) is 0 Å². The summed E-state index contributed by atoms with van der Waals surface area (Å²) in [5.41, 5.74) is 7.25. The Labute approximate surface area is 293 Å². The predicted molar refractivity (Wildman–Crippen MR) is 199 cm³/mol. The van der Waals surface area contributed by atoms with E-state index >= 15 is 0 Å². The van der Waals surface area contributed by atoms with Crippen LogP contribution in [0.1, 0.15) is 66.7 Å². The zero-order chi connectivity index (χ0) is 34.7. The third kappa shape index (κ3) is 5.94. The molecule has 7 heteroatoms. The number of imidazole rings is 1. The number of hydrogen-bond acceptors (Lipinski definition) is 5. The van der Waals surface area contributed by atoms with Crippen molar-refractivity contribution in [1.82, 2.24) is 29.8 Å². The van der Waals surface area contributed by atoms with Gasteiger partial charge in [0.05, 0.1) is 5.69 Å². The quantitative estimate of drug-likeness (QED) is 0.141. The average Bonchev–Trinajstić information content (AvgIpc) is 3.76. The fourth-order valence-electron chi connectivity index (χ4n) is 7.18. The summed E-state index contributed by atoms with van der Waals surface area (Å²) in [7, 11) is 0. The van der Waals surface area contributed by atoms with Crippen LogP contribution in [0.15, 0.2) is 140 Å². The lowest BCUT2D eigenvalue weighted by Crippen LogP contribution is -2.39. The smallest absolute Gasteiger partial charge is 0.184 e. The molecule has 250 valence electrons. The van der Waals surface area contributed by atoms with E-state index in [9.17, 15) is 5.11 Å². The molecule has 0 fully saturated rings. The first-order valence-corrected chi connectivity index (χ1v) is 17.3. The van der Waals surface area contributed by atoms with E-state index in [-0.39, 0.29) is 0 Å². The maximum atomic E-state index is 10.8. The monoisotopic (exact) mass is 658 g/mol. The van der Waals surface area contributed by atoms with Crippen LogP contribution in [-0.4, -0.2) is 34.9 Å². The molecule has 0 saturated heterocycles. The number of aryl methyl sites for hydroxylation is 1. The zero-order valence-corrected chi connectivity index (χ0v) is 29.0. The van der Waals surface area contributed by atoms with Crippen molar-refractivity contribution in [2.24, 2.45) is 0 Å². The Bertz CT molecular complexity index is 2080. The maximum absolute atomic E-state index is 10.8. The minimum Gasteiger partial charge on any atom is -0.384 e. The largest absolute Gasteiger partial charge is 0.384 e. The molecule has 0 unspecified atom stereocenters. The number of rotatable bonds is 11. The third-order valence-corrected chi connectivity index (χ3v) is 9.49. The highest BCUT2D eigenvalue weighted by Crippen LogP contribution is 2.43. The van der Waals surface area contributed by atoms with Gasteiger partial charge in [0.1, 0.15) is 17.0 Å². The molecule has 0 aliphatic heterocycles. The molecule has 7 aromatic rings. The lowest BCUT2D eigenvalue weighted by molar-refractivity contribution is 0.0733. The van der Waals surface area contributed by atoms with Crippen molar-refractivity contribution in [2.75, 3.05) is 0 Å². The van der Waals surface area contributed by atoms with E-state index in [1.807, 2.05) is 28.9 Å². The minimum atomic E-state index is -1.00. The highest BCUT2D eigenvalue weighted by atomic mass is 16.3. The van der Waals surface area contributed by atoms with Gasteiger partial charge in [0.15, 0.2) is 5.82 Å². The summed E-state index contributed by atoms with van der Waals surface area (Å²) in [4.78, 5) is 4.86. The Hall–Kier alpha value is -5.66. The van der Waals surface area contributed by atoms with Crippen molar-refractivity contribution < 1.29 is 5.11 Å². The number of benzene rings is 5. The van der Waals surface area contributed by atoms with E-state index in [0.29, 0.717) is 12.4 Å². The lowest BCUT2D eigenvalue weighted by Gasteiger charge is -2.36. The normalized spacial score (nSPS) is 11.9. The second-order valence-electron chi connectivity index (χ2n) is 13.3. The summed E-state index contributed by atoms with van der Waals surface area (Å²) in [6.45, 7) is 8.49. The third-order valence-electron chi connectivity index (χ3n) is 9.49. The lowest BCUT2D eigenvalue weighted by atomic mass is 9.77. The van der Waals surface area contributed by atoms with Crippen molar-refractivity contribution in [3.63, 3.8) is 0 Å². The molecule has 0 radical (unpaired) electrons. The van der Waals surface area contributed by atoms with Crippen LogP contribution < -0.4 is 0 Å². The van der Waals surface area contributed by atoms with Gasteiger partial charge in [-0.25, -0.2) is 9.67 Å². The van der Waals surface area contributed by atoms with Crippen LogP contribution in [0.2, 0.25) is 0 Å². The van der Waals surface area contributed by atoms with Gasteiger partial charge in [-0.05, 0) is 71.0 Å². The molecule has 7 rings (SSSR count). The molecular formula is C43H42N6O. The summed E-state index contributed by atoms with van der Waals surface area (Å²) >= 11 is 0. The number of hydrogen-bond donors (Lipinski definition) is 1. The van der Waals surface area contributed by atoms with Crippen LogP contribution in [0.3, 0.4) is 0 Å². The van der Waals surface area contributed by atoms with Gasteiger partial charge in [0.2, 0.25) is 0 Å². The Kier molecular flexibility index (Phi) is 9.00. The van der Waals surface area contributed by atoms with E-state index in [2.05, 4.69) is 139 Å². The van der Waals surface area contributed by atoms with Crippen LogP contribution in [0.25, 0.3) is 22.5 Å². The maximum Gasteiger partial charge on any atom is 0.184 e. The second-order valence-corrected chi connectivity index (χ2v) is 13.3. The van der Waals surface area contributed by atoms with E-state index in [1.165, 1.54) is 0 Å². The molecule has 0 aliphatic rings. The van der Waals surface area contributed by atoms with Gasteiger partial charge in [0.25, 0.3) is 0 Å². The van der Waals surface area contributed by atoms with Crippen LogP contribution in [0.5, 0.6) is 0 Å². The predicted octanol–water partition coefficient (Wildman–Crippen LogP) is 8.58. The molecular weight excluding hydrogens is 617 g/mol. The number of aromatic nitrogens is 6. The van der Waals surface area contributed by atoms with Crippen molar-refractivity contribution in [1.29, 1.82) is 0 Å². The summed E-state index contributed by atoms with van der Waals surface area (Å²) in [6, 6.07) is 48.4. The molecule has 0 saturated carbocycles. The highest BCUT2D eigenvalue weighted by Gasteiger charge is 2.42. The van der Waals surface area contributed by atoms with Crippen LogP contribution in [0, 0.1) is 6.92 Å². The summed E-state index contributed by atoms with van der Waals surface area (Å²) in [5, 5.41) is 24.6. The highest BCUT2D eigenvalue weighted by molar-refractivity contribution is 5.81. The molecule has 2 heterocycles. The van der Waals surface area contributed by atoms with Crippen molar-refractivity contribution in [3.8, 4) is 22.5 Å². The standard InChI is InChI=1S/C43H42N6O/c1-5-17-39-44-40(42(3,4)50)31(2)48(39)30-32-26-28-33(29-27-32)37-24-15-16-25-38(37)41-45-46-47-49(41)43(34-18-9-6-10-19-34,35-20-11-7-12-21-35)36-22-13-8-14-23-36/h6-16,18-29,50H,5,17,30H2,1-4H3. The molecule has 0 aliphatic carbocycles. The molecule has 2 aromatic heterocycles. The zero-order valence-electron chi connectivity index (χ0n) is 29.0. The molecule has 7 nitrogen and oxygen atoms in total. The summed E-state index contributed by atoms with van der Waals surface area (Å²) in [6.07, 6.45) is 1.84. The SMILES string of the molecule is CCCc1nc(C(C)(C)O)c(C)n1Cc1ccc(-c2ccccc2-c2nnnn2C(c2ccccc2)(c2ccccc2)c2ccccc2)cc1. The molecule has 0 atom stereocenters. The molecule has 1 N–H and O–H groups in total. The summed E-state index contributed by atoms with van der Waals surface area (Å²) < 4.78 is 4.22. The Morgan fingerprint density at radius 2 is 1.18 bits per heavy atom. The fraction of sp³-hybridized carbons (Fsp3) is 0.209. The van der Waals surface area contributed by atoms with E-state index in [1.54, 1.807) is 13.8 Å². The van der Waals surface area contributed by atoms with E-state index < -0.39 is 11.1 Å². The van der Waals surface area contributed by atoms with Gasteiger partial charge in [-0.15, -0.1) is 5.10 Å².